The minimum atomic E-state index is 0.0393. The summed E-state index contributed by atoms with van der Waals surface area (Å²) in [6.07, 6.45) is 5.93. The maximum Gasteiger partial charge on any atom is 0.254 e. The lowest BCUT2D eigenvalue weighted by atomic mass is 9.88. The van der Waals surface area contributed by atoms with Crippen molar-refractivity contribution < 1.29 is 14.3 Å². The van der Waals surface area contributed by atoms with Crippen LogP contribution in [0.1, 0.15) is 48.0 Å². The molecular weight excluding hydrogens is 448 g/mol. The van der Waals surface area contributed by atoms with E-state index in [2.05, 4.69) is 17.0 Å². The van der Waals surface area contributed by atoms with Gasteiger partial charge in [0, 0.05) is 37.7 Å². The highest BCUT2D eigenvalue weighted by atomic mass is 16.5. The summed E-state index contributed by atoms with van der Waals surface area (Å²) in [5.74, 6) is 1.99. The summed E-state index contributed by atoms with van der Waals surface area (Å²) in [6, 6.07) is 22.3. The van der Waals surface area contributed by atoms with Gasteiger partial charge in [0.05, 0.1) is 7.11 Å². The van der Waals surface area contributed by atoms with Gasteiger partial charge in [-0.15, -0.1) is 0 Å². The SMILES string of the molecule is COc1ccc(CCC2CCN(C(=O)C3CCN(C(=O)c4cccc5ccccc45)CC3)CC2)cc1. The second-order valence-corrected chi connectivity index (χ2v) is 10.2. The molecule has 0 aromatic heterocycles. The first-order valence-corrected chi connectivity index (χ1v) is 13.3. The number of hydrogen-bond acceptors (Lipinski definition) is 3. The zero-order chi connectivity index (χ0) is 24.9. The first-order valence-electron chi connectivity index (χ1n) is 13.3. The highest BCUT2D eigenvalue weighted by Gasteiger charge is 2.32. The zero-order valence-electron chi connectivity index (χ0n) is 21.2. The van der Waals surface area contributed by atoms with Crippen molar-refractivity contribution in [1.29, 1.82) is 0 Å². The number of aryl methyl sites for hydroxylation is 1. The lowest BCUT2D eigenvalue weighted by molar-refractivity contribution is -0.138. The van der Waals surface area contributed by atoms with E-state index in [0.717, 1.165) is 67.3 Å². The second-order valence-electron chi connectivity index (χ2n) is 10.2. The quantitative estimate of drug-likeness (QED) is 0.459. The molecule has 5 rings (SSSR count). The second kappa shape index (κ2) is 11.2. The molecule has 0 saturated carbocycles. The van der Waals surface area contributed by atoms with E-state index < -0.39 is 0 Å². The van der Waals surface area contributed by atoms with Crippen LogP contribution in [0, 0.1) is 11.8 Å². The predicted molar refractivity (Wildman–Crippen MR) is 143 cm³/mol. The third-order valence-electron chi connectivity index (χ3n) is 8.08. The van der Waals surface area contributed by atoms with Gasteiger partial charge in [0.2, 0.25) is 5.91 Å². The Morgan fingerprint density at radius 3 is 2.19 bits per heavy atom. The van der Waals surface area contributed by atoms with Crippen molar-refractivity contribution in [3.05, 3.63) is 77.9 Å². The van der Waals surface area contributed by atoms with E-state index in [4.69, 9.17) is 4.74 Å². The number of carbonyl (C=O) groups excluding carboxylic acids is 2. The van der Waals surface area contributed by atoms with E-state index in [1.807, 2.05) is 59.5 Å². The monoisotopic (exact) mass is 484 g/mol. The number of ether oxygens (including phenoxy) is 1. The highest BCUT2D eigenvalue weighted by Crippen LogP contribution is 2.28. The maximum atomic E-state index is 13.2. The van der Waals surface area contributed by atoms with Crippen molar-refractivity contribution in [1.82, 2.24) is 9.80 Å². The molecular formula is C31H36N2O3. The number of nitrogens with zero attached hydrogens (tertiary/aromatic N) is 2. The molecule has 2 aliphatic heterocycles. The molecule has 3 aromatic rings. The molecule has 3 aromatic carbocycles. The van der Waals surface area contributed by atoms with Crippen LogP contribution in [0.2, 0.25) is 0 Å². The molecule has 2 amide bonds. The first-order chi connectivity index (χ1) is 17.6. The first kappa shape index (κ1) is 24.4. The van der Waals surface area contributed by atoms with Crippen molar-refractivity contribution in [3.63, 3.8) is 0 Å². The summed E-state index contributed by atoms with van der Waals surface area (Å²) >= 11 is 0. The van der Waals surface area contributed by atoms with Crippen molar-refractivity contribution >= 4 is 22.6 Å². The molecule has 2 saturated heterocycles. The Bertz CT molecular complexity index is 1180. The molecule has 5 nitrogen and oxygen atoms in total. The largest absolute Gasteiger partial charge is 0.497 e. The summed E-state index contributed by atoms with van der Waals surface area (Å²) in [5.41, 5.74) is 2.11. The van der Waals surface area contributed by atoms with Crippen LogP contribution < -0.4 is 4.74 Å². The van der Waals surface area contributed by atoms with Gasteiger partial charge in [0.15, 0.2) is 0 Å². The van der Waals surface area contributed by atoms with Crippen LogP contribution in [0.4, 0.5) is 0 Å². The molecule has 188 valence electrons. The van der Waals surface area contributed by atoms with Gasteiger partial charge in [0.1, 0.15) is 5.75 Å². The van der Waals surface area contributed by atoms with Crippen LogP contribution in [-0.2, 0) is 11.2 Å². The van der Waals surface area contributed by atoms with Crippen LogP contribution in [0.15, 0.2) is 66.7 Å². The van der Waals surface area contributed by atoms with Crippen LogP contribution in [-0.4, -0.2) is 54.9 Å². The minimum absolute atomic E-state index is 0.0393. The van der Waals surface area contributed by atoms with Crippen molar-refractivity contribution in [2.75, 3.05) is 33.3 Å². The number of amides is 2. The Kier molecular flexibility index (Phi) is 7.55. The Morgan fingerprint density at radius 2 is 1.47 bits per heavy atom. The van der Waals surface area contributed by atoms with E-state index in [1.54, 1.807) is 7.11 Å². The lowest BCUT2D eigenvalue weighted by Gasteiger charge is -2.37. The van der Waals surface area contributed by atoms with Gasteiger partial charge in [-0.1, -0.05) is 48.5 Å². The van der Waals surface area contributed by atoms with Gasteiger partial charge in [0.25, 0.3) is 5.91 Å². The average Bonchev–Trinajstić information content (AvgIpc) is 2.95. The maximum absolute atomic E-state index is 13.2. The number of piperidine rings is 2. The summed E-state index contributed by atoms with van der Waals surface area (Å²) in [5, 5.41) is 2.08. The van der Waals surface area contributed by atoms with E-state index in [1.165, 1.54) is 12.0 Å². The Balaban J connectivity index is 1.08. The molecule has 0 aliphatic carbocycles. The highest BCUT2D eigenvalue weighted by molar-refractivity contribution is 6.07. The van der Waals surface area contributed by atoms with Crippen LogP contribution >= 0.6 is 0 Å². The summed E-state index contributed by atoms with van der Waals surface area (Å²) in [4.78, 5) is 30.5. The Morgan fingerprint density at radius 1 is 0.806 bits per heavy atom. The standard InChI is InChI=1S/C31H36N2O3/c1-36-27-13-11-23(12-14-27)9-10-24-15-19-32(20-16-24)30(34)26-17-21-33(22-18-26)31(35)29-8-4-6-25-5-2-3-7-28(25)29/h2-8,11-14,24,26H,9-10,15-22H2,1H3. The van der Waals surface area contributed by atoms with Gasteiger partial charge in [-0.25, -0.2) is 0 Å². The van der Waals surface area contributed by atoms with E-state index >= 15 is 0 Å². The molecule has 0 N–H and O–H groups in total. The number of fused-ring (bicyclic) bond motifs is 1. The van der Waals surface area contributed by atoms with Crippen LogP contribution in [0.5, 0.6) is 5.75 Å². The summed E-state index contributed by atoms with van der Waals surface area (Å²) < 4.78 is 5.24. The fraction of sp³-hybridized carbons (Fsp3) is 0.419. The summed E-state index contributed by atoms with van der Waals surface area (Å²) in [7, 11) is 1.69. The van der Waals surface area contributed by atoms with Crippen LogP contribution in [0.25, 0.3) is 10.8 Å². The normalized spacial score (nSPS) is 17.4. The van der Waals surface area contributed by atoms with Crippen LogP contribution in [0.3, 0.4) is 0 Å². The van der Waals surface area contributed by atoms with Crippen molar-refractivity contribution in [2.45, 2.75) is 38.5 Å². The van der Waals surface area contributed by atoms with Crippen molar-refractivity contribution in [3.8, 4) is 5.75 Å². The van der Waals surface area contributed by atoms with E-state index in [0.29, 0.717) is 24.9 Å². The van der Waals surface area contributed by atoms with Crippen molar-refractivity contribution in [2.24, 2.45) is 11.8 Å². The fourth-order valence-electron chi connectivity index (χ4n) is 5.77. The molecule has 2 heterocycles. The van der Waals surface area contributed by atoms with E-state index in [9.17, 15) is 9.59 Å². The number of rotatable bonds is 6. The molecule has 0 unspecified atom stereocenters. The van der Waals surface area contributed by atoms with E-state index in [-0.39, 0.29) is 11.8 Å². The number of carbonyl (C=O) groups is 2. The number of likely N-dealkylation sites (tertiary alicyclic amines) is 2. The molecule has 0 spiro atoms. The number of methoxy groups -OCH3 is 1. The third-order valence-corrected chi connectivity index (χ3v) is 8.08. The molecule has 2 aliphatic rings. The third kappa shape index (κ3) is 5.40. The fourth-order valence-corrected chi connectivity index (χ4v) is 5.77. The zero-order valence-corrected chi connectivity index (χ0v) is 21.2. The molecule has 0 radical (unpaired) electrons. The molecule has 36 heavy (non-hydrogen) atoms. The molecule has 5 heteroatoms. The molecule has 0 bridgehead atoms. The van der Waals surface area contributed by atoms with Gasteiger partial charge in [-0.05, 0) is 79.0 Å². The van der Waals surface area contributed by atoms with Gasteiger partial charge >= 0.3 is 0 Å². The summed E-state index contributed by atoms with van der Waals surface area (Å²) in [6.45, 7) is 3.02. The molecule has 2 fully saturated rings. The Labute approximate surface area is 214 Å². The lowest BCUT2D eigenvalue weighted by Crippen LogP contribution is -2.46. The van der Waals surface area contributed by atoms with Gasteiger partial charge in [-0.3, -0.25) is 9.59 Å². The number of benzene rings is 3. The number of hydrogen-bond donors (Lipinski definition) is 0. The van der Waals surface area contributed by atoms with Gasteiger partial charge in [-0.2, -0.15) is 0 Å². The predicted octanol–water partition coefficient (Wildman–Crippen LogP) is 5.57. The average molecular weight is 485 g/mol. The minimum Gasteiger partial charge on any atom is -0.497 e. The van der Waals surface area contributed by atoms with Gasteiger partial charge < -0.3 is 14.5 Å². The molecule has 0 atom stereocenters. The Hall–Kier alpha value is -3.34. The smallest absolute Gasteiger partial charge is 0.254 e. The topological polar surface area (TPSA) is 49.9 Å².